The van der Waals surface area contributed by atoms with E-state index in [0.717, 1.165) is 87.6 Å². The molecular formula is C42H48BrClF8N2O4. The number of alkyl halides is 7. The molecule has 0 atom stereocenters. The van der Waals surface area contributed by atoms with Crippen LogP contribution < -0.4 is 24.3 Å². The number of likely N-dealkylation sites (tertiary alicyclic amines) is 1. The van der Waals surface area contributed by atoms with Gasteiger partial charge in [0.25, 0.3) is 0 Å². The number of ether oxygens (including phenoxy) is 4. The number of benzene rings is 4. The van der Waals surface area contributed by atoms with E-state index in [1.54, 1.807) is 0 Å². The van der Waals surface area contributed by atoms with Crippen LogP contribution in [0.25, 0.3) is 0 Å². The van der Waals surface area contributed by atoms with E-state index in [9.17, 15) is 35.1 Å². The van der Waals surface area contributed by atoms with Crippen LogP contribution in [0.1, 0.15) is 50.7 Å². The molecule has 16 heteroatoms. The normalized spacial score (nSPS) is 16.3. The van der Waals surface area contributed by atoms with Crippen molar-refractivity contribution >= 4 is 28.3 Å². The Labute approximate surface area is 348 Å². The highest BCUT2D eigenvalue weighted by Gasteiger charge is 2.36. The summed E-state index contributed by atoms with van der Waals surface area (Å²) in [7, 11) is 0. The van der Waals surface area contributed by atoms with Crippen LogP contribution >= 0.6 is 28.3 Å². The molecular weight excluding hydrogens is 864 g/mol. The summed E-state index contributed by atoms with van der Waals surface area (Å²) >= 11 is 3.02. The quantitative estimate of drug-likeness (QED) is 0.120. The number of halogens is 10. The molecule has 0 spiro atoms. The van der Waals surface area contributed by atoms with Crippen LogP contribution in [0.3, 0.4) is 0 Å². The van der Waals surface area contributed by atoms with Gasteiger partial charge in [-0.25, -0.2) is 8.78 Å². The maximum atomic E-state index is 13.1. The molecule has 0 aliphatic carbocycles. The van der Waals surface area contributed by atoms with Gasteiger partial charge in [0.1, 0.15) is 63.6 Å². The smallest absolute Gasteiger partial charge is 0.420 e. The van der Waals surface area contributed by atoms with Crippen molar-refractivity contribution in [2.45, 2.75) is 63.1 Å². The zero-order chi connectivity index (χ0) is 41.5. The second kappa shape index (κ2) is 22.5. The van der Waals surface area contributed by atoms with Crippen molar-refractivity contribution in [3.8, 4) is 23.0 Å². The summed E-state index contributed by atoms with van der Waals surface area (Å²) in [5.74, 6) is -0.761. The Bertz CT molecular complexity index is 1790. The average Bonchev–Trinajstić information content (AvgIpc) is 3.16. The van der Waals surface area contributed by atoms with Crippen LogP contribution in [0.4, 0.5) is 35.1 Å². The van der Waals surface area contributed by atoms with Gasteiger partial charge in [0.15, 0.2) is 0 Å². The van der Waals surface area contributed by atoms with Crippen molar-refractivity contribution in [1.82, 2.24) is 10.2 Å². The average molecular weight is 912 g/mol. The highest BCUT2D eigenvalue weighted by Crippen LogP contribution is 2.38. The lowest BCUT2D eigenvalue weighted by Gasteiger charge is -2.39. The molecule has 2 fully saturated rings. The summed E-state index contributed by atoms with van der Waals surface area (Å²) in [4.78, 5) is 2.13. The minimum atomic E-state index is -4.65. The number of rotatable bonds is 11. The standard InChI is InChI=1S/C21H23F4NO2.C12H17NO.C9H7BrF4O.ClH/c1-20(28-17-5-3-2-4-6-17)9-11-26(12-10-20)13-14-27-19-8-7-16(22)15-18(19)21(23,24)25;1-12(7-9-13-10-8-12)14-11-5-3-2-4-6-11;10-3-4-15-8-2-1-6(11)5-7(8)9(12,13)14;/h2-8,15H,9-14H2,1H3;2-6,13H,7-10H2,1H3;1-2,5H,3-4H2;1H. The number of nitrogens with zero attached hydrogens (tertiary/aromatic N) is 1. The van der Waals surface area contributed by atoms with Crippen LogP contribution in [0.2, 0.25) is 0 Å². The largest absolute Gasteiger partial charge is 0.492 e. The van der Waals surface area contributed by atoms with Gasteiger partial charge in [0.05, 0.1) is 6.61 Å². The number of para-hydroxylation sites is 2. The van der Waals surface area contributed by atoms with Crippen LogP contribution in [0.5, 0.6) is 23.0 Å². The molecule has 2 heterocycles. The Kier molecular flexibility index (Phi) is 18.9. The predicted molar refractivity (Wildman–Crippen MR) is 214 cm³/mol. The van der Waals surface area contributed by atoms with Crippen molar-refractivity contribution in [2.75, 3.05) is 51.3 Å². The van der Waals surface area contributed by atoms with E-state index in [-0.39, 0.29) is 48.3 Å². The molecule has 0 radical (unpaired) electrons. The Morgan fingerprint density at radius 1 is 0.621 bits per heavy atom. The maximum Gasteiger partial charge on any atom is 0.420 e. The van der Waals surface area contributed by atoms with Gasteiger partial charge in [-0.15, -0.1) is 12.4 Å². The molecule has 4 aromatic rings. The zero-order valence-corrected chi connectivity index (χ0v) is 34.5. The van der Waals surface area contributed by atoms with E-state index in [1.165, 1.54) is 0 Å². The van der Waals surface area contributed by atoms with Crippen LogP contribution in [0, 0.1) is 11.6 Å². The Morgan fingerprint density at radius 2 is 1.03 bits per heavy atom. The van der Waals surface area contributed by atoms with Crippen LogP contribution in [-0.2, 0) is 12.4 Å². The molecule has 1 N–H and O–H groups in total. The Balaban J connectivity index is 0.000000253. The third-order valence-electron chi connectivity index (χ3n) is 9.28. The van der Waals surface area contributed by atoms with E-state index >= 15 is 0 Å². The van der Waals surface area contributed by atoms with Crippen molar-refractivity contribution in [1.29, 1.82) is 0 Å². The molecule has 6 nitrogen and oxygen atoms in total. The third kappa shape index (κ3) is 16.1. The molecule has 2 aliphatic rings. The minimum absolute atomic E-state index is 0. The molecule has 0 bridgehead atoms. The minimum Gasteiger partial charge on any atom is -0.492 e. The molecule has 0 unspecified atom stereocenters. The van der Waals surface area contributed by atoms with Crippen molar-refractivity contribution in [3.63, 3.8) is 0 Å². The lowest BCUT2D eigenvalue weighted by molar-refractivity contribution is -0.140. The Morgan fingerprint density at radius 3 is 1.45 bits per heavy atom. The second-order valence-corrected chi connectivity index (χ2v) is 14.8. The van der Waals surface area contributed by atoms with Gasteiger partial charge in [0.2, 0.25) is 0 Å². The molecule has 0 amide bonds. The second-order valence-electron chi connectivity index (χ2n) is 14.0. The number of hydrogen-bond acceptors (Lipinski definition) is 6. The molecule has 6 rings (SSSR count). The third-order valence-corrected chi connectivity index (χ3v) is 9.61. The fourth-order valence-corrected chi connectivity index (χ4v) is 6.25. The zero-order valence-electron chi connectivity index (χ0n) is 32.1. The number of nitrogens with one attached hydrogen (secondary N) is 1. The van der Waals surface area contributed by atoms with E-state index < -0.39 is 35.1 Å². The number of hydrogen-bond donors (Lipinski definition) is 1. The van der Waals surface area contributed by atoms with Crippen molar-refractivity contribution in [2.24, 2.45) is 0 Å². The first kappa shape index (κ1) is 48.6. The van der Waals surface area contributed by atoms with Gasteiger partial charge in [-0.3, -0.25) is 4.90 Å². The molecule has 2 aliphatic heterocycles. The van der Waals surface area contributed by atoms with Gasteiger partial charge in [0, 0.05) is 25.0 Å². The van der Waals surface area contributed by atoms with Crippen molar-refractivity contribution in [3.05, 3.63) is 120 Å². The van der Waals surface area contributed by atoms with Crippen LogP contribution in [0.15, 0.2) is 97.1 Å². The summed E-state index contributed by atoms with van der Waals surface area (Å²) in [5, 5.41) is 3.75. The fourth-order valence-electron chi connectivity index (χ4n) is 6.09. The van der Waals surface area contributed by atoms with Gasteiger partial charge in [-0.05, 0) is 113 Å². The molecule has 4 aromatic carbocycles. The fraction of sp³-hybridized carbons (Fsp3) is 0.429. The van der Waals surface area contributed by atoms with Gasteiger partial charge < -0.3 is 24.3 Å². The van der Waals surface area contributed by atoms with E-state index in [4.69, 9.17) is 18.9 Å². The summed E-state index contributed by atoms with van der Waals surface area (Å²) in [6.45, 7) is 8.61. The van der Waals surface area contributed by atoms with E-state index in [1.807, 2.05) is 60.7 Å². The van der Waals surface area contributed by atoms with E-state index in [0.29, 0.717) is 24.0 Å². The highest BCUT2D eigenvalue weighted by atomic mass is 79.9. The van der Waals surface area contributed by atoms with Gasteiger partial charge in [-0.1, -0.05) is 52.3 Å². The molecule has 320 valence electrons. The predicted octanol–water partition coefficient (Wildman–Crippen LogP) is 11.4. The molecule has 0 aromatic heterocycles. The lowest BCUT2D eigenvalue weighted by Crippen LogP contribution is -2.47. The first-order valence-electron chi connectivity index (χ1n) is 18.4. The maximum absolute atomic E-state index is 13.1. The molecule has 0 saturated carbocycles. The number of piperidine rings is 2. The topological polar surface area (TPSA) is 52.2 Å². The van der Waals surface area contributed by atoms with E-state index in [2.05, 4.69) is 40.0 Å². The SMILES string of the molecule is CC1(Oc2ccccc2)CCN(CCOc2ccc(F)cc2C(F)(F)F)CC1.CC1(Oc2ccccc2)CCNCC1.Cl.Fc1ccc(OCCBr)c(C(F)(F)F)c1. The molecule has 58 heavy (non-hydrogen) atoms. The van der Waals surface area contributed by atoms with Gasteiger partial charge >= 0.3 is 12.4 Å². The van der Waals surface area contributed by atoms with Gasteiger partial charge in [-0.2, -0.15) is 26.3 Å². The lowest BCUT2D eigenvalue weighted by atomic mass is 9.93. The summed E-state index contributed by atoms with van der Waals surface area (Å²) in [5.41, 5.74) is -2.43. The first-order valence-corrected chi connectivity index (χ1v) is 19.6. The van der Waals surface area contributed by atoms with Crippen molar-refractivity contribution < 1.29 is 54.1 Å². The monoisotopic (exact) mass is 910 g/mol. The Hall–Kier alpha value is -3.79. The highest BCUT2D eigenvalue weighted by molar-refractivity contribution is 9.09. The first-order chi connectivity index (χ1) is 27.0. The summed E-state index contributed by atoms with van der Waals surface area (Å²) in [6.07, 6.45) is -5.47. The molecule has 2 saturated heterocycles. The summed E-state index contributed by atoms with van der Waals surface area (Å²) in [6, 6.07) is 24.5. The van der Waals surface area contributed by atoms with Crippen LogP contribution in [-0.4, -0.2) is 67.4 Å². The summed E-state index contributed by atoms with van der Waals surface area (Å²) < 4.78 is 124.